The van der Waals surface area contributed by atoms with Crippen molar-refractivity contribution < 1.29 is 0 Å². The summed E-state index contributed by atoms with van der Waals surface area (Å²) in [6.45, 7) is 0. The maximum atomic E-state index is 4.61. The van der Waals surface area contributed by atoms with E-state index in [9.17, 15) is 0 Å². The Hall–Kier alpha value is -1.68. The summed E-state index contributed by atoms with van der Waals surface area (Å²) in [4.78, 5) is 8.96. The molecular weight excluding hydrogens is 278 g/mol. The summed E-state index contributed by atoms with van der Waals surface area (Å²) < 4.78 is 3.05. The molecule has 0 N–H and O–H groups in total. The third-order valence-corrected chi connectivity index (χ3v) is 3.43. The van der Waals surface area contributed by atoms with Crippen LogP contribution in [-0.2, 0) is 7.05 Å². The first-order chi connectivity index (χ1) is 8.27. The van der Waals surface area contributed by atoms with Crippen molar-refractivity contribution in [1.29, 1.82) is 0 Å². The molecular formula is C13H10BrN3. The zero-order valence-electron chi connectivity index (χ0n) is 9.26. The zero-order valence-corrected chi connectivity index (χ0v) is 10.8. The van der Waals surface area contributed by atoms with Gasteiger partial charge in [0.15, 0.2) is 5.65 Å². The Morgan fingerprint density at radius 1 is 1.12 bits per heavy atom. The molecule has 3 aromatic rings. The lowest BCUT2D eigenvalue weighted by atomic mass is 10.2. The summed E-state index contributed by atoms with van der Waals surface area (Å²) in [7, 11) is 1.98. The zero-order chi connectivity index (χ0) is 11.8. The van der Waals surface area contributed by atoms with Crippen LogP contribution >= 0.6 is 15.9 Å². The second-order valence-corrected chi connectivity index (χ2v) is 4.67. The smallest absolute Gasteiger partial charge is 0.159 e. The van der Waals surface area contributed by atoms with Crippen molar-refractivity contribution in [3.63, 3.8) is 0 Å². The van der Waals surface area contributed by atoms with E-state index >= 15 is 0 Å². The molecule has 0 aliphatic carbocycles. The topological polar surface area (TPSA) is 30.7 Å². The quantitative estimate of drug-likeness (QED) is 0.687. The number of rotatable bonds is 1. The SMILES string of the molecule is Cn1c(-c2ccccc2Br)nc2cccnc21. The van der Waals surface area contributed by atoms with Crippen LogP contribution in [0, 0.1) is 0 Å². The van der Waals surface area contributed by atoms with Gasteiger partial charge in [0.05, 0.1) is 0 Å². The number of pyridine rings is 1. The molecule has 0 saturated carbocycles. The van der Waals surface area contributed by atoms with Gasteiger partial charge in [0.2, 0.25) is 0 Å². The molecule has 0 bridgehead atoms. The van der Waals surface area contributed by atoms with Gasteiger partial charge in [-0.2, -0.15) is 0 Å². The van der Waals surface area contributed by atoms with E-state index in [1.165, 1.54) is 0 Å². The van der Waals surface area contributed by atoms with E-state index in [1.54, 1.807) is 6.20 Å². The number of imidazole rings is 1. The molecule has 17 heavy (non-hydrogen) atoms. The van der Waals surface area contributed by atoms with Gasteiger partial charge in [0, 0.05) is 23.3 Å². The van der Waals surface area contributed by atoms with E-state index in [0.29, 0.717) is 0 Å². The number of aromatic nitrogens is 3. The first kappa shape index (κ1) is 10.5. The van der Waals surface area contributed by atoms with Gasteiger partial charge >= 0.3 is 0 Å². The van der Waals surface area contributed by atoms with Crippen LogP contribution in [0.1, 0.15) is 0 Å². The van der Waals surface area contributed by atoms with E-state index < -0.39 is 0 Å². The molecule has 0 amide bonds. The predicted octanol–water partition coefficient (Wildman–Crippen LogP) is 3.40. The Bertz CT molecular complexity index is 688. The second kappa shape index (κ2) is 3.96. The van der Waals surface area contributed by atoms with Crippen LogP contribution in [0.15, 0.2) is 47.1 Å². The third kappa shape index (κ3) is 1.65. The summed E-state index contributed by atoms with van der Waals surface area (Å²) in [5.41, 5.74) is 2.90. The van der Waals surface area contributed by atoms with Crippen molar-refractivity contribution in [1.82, 2.24) is 14.5 Å². The Labute approximate surface area is 107 Å². The lowest BCUT2D eigenvalue weighted by Gasteiger charge is -2.03. The van der Waals surface area contributed by atoms with Crippen LogP contribution in [-0.4, -0.2) is 14.5 Å². The number of benzene rings is 1. The van der Waals surface area contributed by atoms with Gasteiger partial charge < -0.3 is 4.57 Å². The van der Waals surface area contributed by atoms with Gasteiger partial charge in [-0.1, -0.05) is 34.1 Å². The molecule has 2 heterocycles. The fourth-order valence-electron chi connectivity index (χ4n) is 1.91. The minimum Gasteiger partial charge on any atom is -0.312 e. The molecule has 0 atom stereocenters. The Morgan fingerprint density at radius 3 is 2.71 bits per heavy atom. The summed E-state index contributed by atoms with van der Waals surface area (Å²) in [5.74, 6) is 0.922. The molecule has 0 aliphatic heterocycles. The van der Waals surface area contributed by atoms with E-state index in [2.05, 4.69) is 25.9 Å². The van der Waals surface area contributed by atoms with Crippen LogP contribution in [0.3, 0.4) is 0 Å². The third-order valence-electron chi connectivity index (χ3n) is 2.74. The first-order valence-corrected chi connectivity index (χ1v) is 6.09. The molecule has 1 aromatic carbocycles. The highest BCUT2D eigenvalue weighted by Gasteiger charge is 2.11. The van der Waals surface area contributed by atoms with Gasteiger partial charge in [0.1, 0.15) is 11.3 Å². The summed E-state index contributed by atoms with van der Waals surface area (Å²) in [6.07, 6.45) is 1.79. The lowest BCUT2D eigenvalue weighted by molar-refractivity contribution is 0.941. The fraction of sp³-hybridized carbons (Fsp3) is 0.0769. The number of halogens is 1. The maximum absolute atomic E-state index is 4.61. The van der Waals surface area contributed by atoms with Gasteiger partial charge in [-0.25, -0.2) is 9.97 Å². The molecule has 0 unspecified atom stereocenters. The van der Waals surface area contributed by atoms with Gasteiger partial charge in [-0.05, 0) is 18.2 Å². The van der Waals surface area contributed by atoms with Crippen molar-refractivity contribution in [2.24, 2.45) is 7.05 Å². The largest absolute Gasteiger partial charge is 0.312 e. The Kier molecular flexibility index (Phi) is 2.44. The highest BCUT2D eigenvalue weighted by molar-refractivity contribution is 9.10. The average Bonchev–Trinajstić information content (AvgIpc) is 2.68. The number of aryl methyl sites for hydroxylation is 1. The maximum Gasteiger partial charge on any atom is 0.159 e. The number of fused-ring (bicyclic) bond motifs is 1. The van der Waals surface area contributed by atoms with E-state index in [-0.39, 0.29) is 0 Å². The highest BCUT2D eigenvalue weighted by atomic mass is 79.9. The van der Waals surface area contributed by atoms with Crippen LogP contribution in [0.5, 0.6) is 0 Å². The minimum atomic E-state index is 0.901. The number of nitrogens with zero attached hydrogens (tertiary/aromatic N) is 3. The molecule has 3 nitrogen and oxygen atoms in total. The number of hydrogen-bond acceptors (Lipinski definition) is 2. The summed E-state index contributed by atoms with van der Waals surface area (Å²) >= 11 is 3.55. The van der Waals surface area contributed by atoms with E-state index in [4.69, 9.17) is 0 Å². The average molecular weight is 288 g/mol. The van der Waals surface area contributed by atoms with Crippen molar-refractivity contribution >= 4 is 27.1 Å². The van der Waals surface area contributed by atoms with Crippen molar-refractivity contribution in [3.8, 4) is 11.4 Å². The van der Waals surface area contributed by atoms with E-state index in [1.807, 2.05) is 48.0 Å². The monoisotopic (exact) mass is 287 g/mol. The molecule has 0 radical (unpaired) electrons. The molecule has 84 valence electrons. The molecule has 0 saturated heterocycles. The predicted molar refractivity (Wildman–Crippen MR) is 71.6 cm³/mol. The Balaban J connectivity index is 2.32. The molecule has 4 heteroatoms. The van der Waals surface area contributed by atoms with Crippen LogP contribution in [0.2, 0.25) is 0 Å². The molecule has 0 fully saturated rings. The van der Waals surface area contributed by atoms with Crippen molar-refractivity contribution in [3.05, 3.63) is 47.1 Å². The Morgan fingerprint density at radius 2 is 1.94 bits per heavy atom. The molecule has 2 aromatic heterocycles. The molecule has 3 rings (SSSR count). The second-order valence-electron chi connectivity index (χ2n) is 3.82. The van der Waals surface area contributed by atoms with Gasteiger partial charge in [0.25, 0.3) is 0 Å². The fourth-order valence-corrected chi connectivity index (χ4v) is 2.37. The molecule has 0 spiro atoms. The standard InChI is InChI=1S/C13H10BrN3/c1-17-12(9-5-2-3-6-10(9)14)16-11-7-4-8-15-13(11)17/h2-8H,1H3. The first-order valence-electron chi connectivity index (χ1n) is 5.30. The normalized spacial score (nSPS) is 10.9. The van der Waals surface area contributed by atoms with Crippen LogP contribution in [0.25, 0.3) is 22.6 Å². The van der Waals surface area contributed by atoms with Crippen molar-refractivity contribution in [2.75, 3.05) is 0 Å². The summed E-state index contributed by atoms with van der Waals surface area (Å²) in [5, 5.41) is 0. The molecule has 0 aliphatic rings. The van der Waals surface area contributed by atoms with Crippen LogP contribution in [0.4, 0.5) is 0 Å². The van der Waals surface area contributed by atoms with Gasteiger partial charge in [-0.3, -0.25) is 0 Å². The summed E-state index contributed by atoms with van der Waals surface area (Å²) in [6, 6.07) is 11.9. The minimum absolute atomic E-state index is 0.901. The van der Waals surface area contributed by atoms with Crippen LogP contribution < -0.4 is 0 Å². The van der Waals surface area contributed by atoms with E-state index in [0.717, 1.165) is 27.0 Å². The number of hydrogen-bond donors (Lipinski definition) is 0. The van der Waals surface area contributed by atoms with Gasteiger partial charge in [-0.15, -0.1) is 0 Å². The highest BCUT2D eigenvalue weighted by Crippen LogP contribution is 2.28. The van der Waals surface area contributed by atoms with Crippen molar-refractivity contribution in [2.45, 2.75) is 0 Å². The lowest BCUT2D eigenvalue weighted by Crippen LogP contribution is -1.94.